The van der Waals surface area contributed by atoms with E-state index < -0.39 is 0 Å². The van der Waals surface area contributed by atoms with Crippen LogP contribution in [0.1, 0.15) is 38.3 Å². The number of hydrogen-bond donors (Lipinski definition) is 1. The number of nitrogens with zero attached hydrogens (tertiary/aromatic N) is 1. The molecule has 0 amide bonds. The Balaban J connectivity index is 1.65. The van der Waals surface area contributed by atoms with Gasteiger partial charge in [0, 0.05) is 37.2 Å². The molecule has 0 radical (unpaired) electrons. The van der Waals surface area contributed by atoms with Gasteiger partial charge >= 0.3 is 0 Å². The molecule has 20 heavy (non-hydrogen) atoms. The Morgan fingerprint density at radius 1 is 1.25 bits per heavy atom. The van der Waals surface area contributed by atoms with Gasteiger partial charge in [0.25, 0.3) is 0 Å². The van der Waals surface area contributed by atoms with Gasteiger partial charge in [-0.3, -0.25) is 4.90 Å². The molecule has 0 bridgehead atoms. The molecule has 1 aromatic carbocycles. The maximum Gasteiger partial charge on any atom is 0.0662 e. The lowest BCUT2D eigenvalue weighted by molar-refractivity contribution is -0.156. The summed E-state index contributed by atoms with van der Waals surface area (Å²) in [6, 6.07) is 8.71. The predicted octanol–water partition coefficient (Wildman–Crippen LogP) is 2.53. The van der Waals surface area contributed by atoms with Gasteiger partial charge in [0.2, 0.25) is 0 Å². The van der Waals surface area contributed by atoms with Crippen LogP contribution in [0.3, 0.4) is 0 Å². The van der Waals surface area contributed by atoms with Crippen LogP contribution < -0.4 is 5.73 Å². The van der Waals surface area contributed by atoms with Crippen LogP contribution in [0.4, 0.5) is 0 Å². The number of benzene rings is 1. The fourth-order valence-electron chi connectivity index (χ4n) is 3.69. The van der Waals surface area contributed by atoms with E-state index in [-0.39, 0.29) is 11.0 Å². The van der Waals surface area contributed by atoms with E-state index in [9.17, 15) is 0 Å². The van der Waals surface area contributed by atoms with Crippen molar-refractivity contribution in [2.45, 2.75) is 51.9 Å². The van der Waals surface area contributed by atoms with Crippen molar-refractivity contribution < 1.29 is 4.74 Å². The van der Waals surface area contributed by atoms with Crippen molar-refractivity contribution in [3.05, 3.63) is 35.4 Å². The summed E-state index contributed by atoms with van der Waals surface area (Å²) in [7, 11) is 0. The minimum Gasteiger partial charge on any atom is -0.378 e. The van der Waals surface area contributed by atoms with Gasteiger partial charge in [-0.1, -0.05) is 38.1 Å². The molecule has 2 atom stereocenters. The van der Waals surface area contributed by atoms with Crippen molar-refractivity contribution in [3.63, 3.8) is 0 Å². The number of rotatable bonds is 4. The van der Waals surface area contributed by atoms with Crippen molar-refractivity contribution in [2.75, 3.05) is 13.2 Å². The average molecular weight is 274 g/mol. The molecule has 1 aromatic rings. The summed E-state index contributed by atoms with van der Waals surface area (Å²) in [4.78, 5) is 2.48. The lowest BCUT2D eigenvalue weighted by Gasteiger charge is -2.60. The van der Waals surface area contributed by atoms with Gasteiger partial charge in [-0.25, -0.2) is 0 Å². The number of ether oxygens (including phenoxy) is 1. The maximum absolute atomic E-state index is 6.69. The van der Waals surface area contributed by atoms with E-state index in [1.54, 1.807) is 0 Å². The lowest BCUT2D eigenvalue weighted by Crippen LogP contribution is -2.73. The van der Waals surface area contributed by atoms with Crippen LogP contribution in [-0.4, -0.2) is 29.7 Å². The summed E-state index contributed by atoms with van der Waals surface area (Å²) < 4.78 is 5.82. The fraction of sp³-hybridized carbons (Fsp3) is 0.647. The number of nitrogens with two attached hydrogens (primary N) is 1. The first-order valence-electron chi connectivity index (χ1n) is 7.66. The Labute approximate surface area is 122 Å². The third-order valence-corrected chi connectivity index (χ3v) is 5.42. The third kappa shape index (κ3) is 2.09. The Bertz CT molecular complexity index is 475. The SMILES string of the molecule is CCOC1CC(N)(CN2Cc3ccccc3C2)C1(C)C. The molecule has 2 N–H and O–H groups in total. The molecule has 1 aliphatic heterocycles. The van der Waals surface area contributed by atoms with E-state index in [1.165, 1.54) is 11.1 Å². The van der Waals surface area contributed by atoms with Crippen LogP contribution in [0, 0.1) is 5.41 Å². The van der Waals surface area contributed by atoms with Gasteiger partial charge in [0.1, 0.15) is 0 Å². The lowest BCUT2D eigenvalue weighted by atomic mass is 9.54. The van der Waals surface area contributed by atoms with Crippen LogP contribution in [-0.2, 0) is 17.8 Å². The minimum atomic E-state index is -0.130. The van der Waals surface area contributed by atoms with Crippen LogP contribution in [0.2, 0.25) is 0 Å². The zero-order chi connectivity index (χ0) is 14.4. The zero-order valence-electron chi connectivity index (χ0n) is 12.9. The zero-order valence-corrected chi connectivity index (χ0v) is 12.9. The quantitative estimate of drug-likeness (QED) is 0.917. The van der Waals surface area contributed by atoms with Crippen molar-refractivity contribution >= 4 is 0 Å². The van der Waals surface area contributed by atoms with Gasteiger partial charge in [-0.05, 0) is 24.5 Å². The largest absolute Gasteiger partial charge is 0.378 e. The summed E-state index contributed by atoms with van der Waals surface area (Å²) in [5, 5.41) is 0. The van der Waals surface area contributed by atoms with Gasteiger partial charge in [-0.2, -0.15) is 0 Å². The summed E-state index contributed by atoms with van der Waals surface area (Å²) in [5.74, 6) is 0. The molecule has 2 aliphatic rings. The van der Waals surface area contributed by atoms with Crippen LogP contribution in [0.15, 0.2) is 24.3 Å². The van der Waals surface area contributed by atoms with Crippen LogP contribution in [0.5, 0.6) is 0 Å². The summed E-state index contributed by atoms with van der Waals surface area (Å²) in [5.41, 5.74) is 9.52. The highest BCUT2D eigenvalue weighted by atomic mass is 16.5. The van der Waals surface area contributed by atoms with Crippen LogP contribution in [0.25, 0.3) is 0 Å². The standard InChI is InChI=1S/C17H26N2O/c1-4-20-15-9-17(18,16(15,2)3)12-19-10-13-7-5-6-8-14(13)11-19/h5-8,15H,4,9-12,18H2,1-3H3. The van der Waals surface area contributed by atoms with Gasteiger partial charge < -0.3 is 10.5 Å². The molecular formula is C17H26N2O. The Morgan fingerprint density at radius 3 is 2.35 bits per heavy atom. The molecule has 3 rings (SSSR count). The molecule has 1 heterocycles. The molecule has 1 aliphatic carbocycles. The Hall–Kier alpha value is -0.900. The highest BCUT2D eigenvalue weighted by Gasteiger charge is 2.58. The van der Waals surface area contributed by atoms with E-state index in [0.29, 0.717) is 6.10 Å². The molecule has 110 valence electrons. The summed E-state index contributed by atoms with van der Waals surface area (Å²) in [6.45, 7) is 10.4. The Morgan fingerprint density at radius 2 is 1.85 bits per heavy atom. The molecule has 0 saturated heterocycles. The Kier molecular flexibility index (Phi) is 3.39. The minimum absolute atomic E-state index is 0.0534. The van der Waals surface area contributed by atoms with E-state index in [1.807, 2.05) is 0 Å². The van der Waals surface area contributed by atoms with Gasteiger partial charge in [0.15, 0.2) is 0 Å². The van der Waals surface area contributed by atoms with Gasteiger partial charge in [0.05, 0.1) is 6.10 Å². The first-order chi connectivity index (χ1) is 9.46. The van der Waals surface area contributed by atoms with E-state index in [4.69, 9.17) is 10.5 Å². The summed E-state index contributed by atoms with van der Waals surface area (Å²) in [6.07, 6.45) is 1.28. The normalized spacial score (nSPS) is 31.9. The molecule has 0 aromatic heterocycles. The second-order valence-corrected chi connectivity index (χ2v) is 6.94. The monoisotopic (exact) mass is 274 g/mol. The molecule has 1 saturated carbocycles. The smallest absolute Gasteiger partial charge is 0.0662 e. The molecule has 1 fully saturated rings. The molecular weight excluding hydrogens is 248 g/mol. The average Bonchev–Trinajstić information content (AvgIpc) is 2.80. The second-order valence-electron chi connectivity index (χ2n) is 6.94. The van der Waals surface area contributed by atoms with E-state index in [2.05, 4.69) is 49.9 Å². The van der Waals surface area contributed by atoms with E-state index in [0.717, 1.165) is 32.7 Å². The molecule has 2 unspecified atom stereocenters. The molecule has 3 nitrogen and oxygen atoms in total. The highest BCUT2D eigenvalue weighted by molar-refractivity contribution is 5.30. The van der Waals surface area contributed by atoms with Crippen LogP contribution >= 0.6 is 0 Å². The van der Waals surface area contributed by atoms with Crippen molar-refractivity contribution in [2.24, 2.45) is 11.1 Å². The second kappa shape index (κ2) is 4.83. The first kappa shape index (κ1) is 14.1. The van der Waals surface area contributed by atoms with E-state index >= 15 is 0 Å². The first-order valence-corrected chi connectivity index (χ1v) is 7.66. The summed E-state index contributed by atoms with van der Waals surface area (Å²) >= 11 is 0. The highest BCUT2D eigenvalue weighted by Crippen LogP contribution is 2.50. The number of hydrogen-bond acceptors (Lipinski definition) is 3. The number of fused-ring (bicyclic) bond motifs is 1. The van der Waals surface area contributed by atoms with Gasteiger partial charge in [-0.15, -0.1) is 0 Å². The topological polar surface area (TPSA) is 38.5 Å². The van der Waals surface area contributed by atoms with Crippen molar-refractivity contribution in [1.82, 2.24) is 4.90 Å². The fourth-order valence-corrected chi connectivity index (χ4v) is 3.69. The van der Waals surface area contributed by atoms with Crippen molar-refractivity contribution in [3.8, 4) is 0 Å². The molecule has 0 spiro atoms. The third-order valence-electron chi connectivity index (χ3n) is 5.42. The maximum atomic E-state index is 6.69. The molecule has 3 heteroatoms. The predicted molar refractivity (Wildman–Crippen MR) is 81.3 cm³/mol. The van der Waals surface area contributed by atoms with Crippen molar-refractivity contribution in [1.29, 1.82) is 0 Å².